The first-order valence-corrected chi connectivity index (χ1v) is 7.22. The third-order valence-electron chi connectivity index (χ3n) is 4.07. The van der Waals surface area contributed by atoms with Crippen LogP contribution in [0, 0.1) is 0 Å². The van der Waals surface area contributed by atoms with Crippen LogP contribution >= 0.6 is 0 Å². The summed E-state index contributed by atoms with van der Waals surface area (Å²) in [5, 5.41) is 0. The minimum atomic E-state index is 0.213. The number of fused-ring (bicyclic) bond motifs is 1. The Bertz CT molecular complexity index is 552. The lowest BCUT2D eigenvalue weighted by Crippen LogP contribution is -2.09. The van der Waals surface area contributed by atoms with Crippen LogP contribution in [0.1, 0.15) is 49.2 Å². The third-order valence-corrected chi connectivity index (χ3v) is 4.07. The van der Waals surface area contributed by atoms with E-state index in [-0.39, 0.29) is 6.04 Å². The highest BCUT2D eigenvalue weighted by Gasteiger charge is 2.17. The average molecular weight is 258 g/mol. The maximum absolute atomic E-state index is 6.25. The highest BCUT2D eigenvalue weighted by molar-refractivity contribution is 5.29. The molecule has 0 fully saturated rings. The van der Waals surface area contributed by atoms with Crippen molar-refractivity contribution in [1.29, 1.82) is 0 Å². The van der Waals surface area contributed by atoms with E-state index in [2.05, 4.69) is 33.4 Å². The summed E-state index contributed by atoms with van der Waals surface area (Å²) in [6.07, 6.45) is 13.2. The maximum atomic E-state index is 6.25. The largest absolute Gasteiger partial charge is 0.346 e. The lowest BCUT2D eigenvalue weighted by molar-refractivity contribution is 0.605. The van der Waals surface area contributed by atoms with Gasteiger partial charge in [-0.3, -0.25) is 0 Å². The molecule has 2 heterocycles. The highest BCUT2D eigenvalue weighted by atomic mass is 15.1. The van der Waals surface area contributed by atoms with Crippen LogP contribution < -0.4 is 5.73 Å². The van der Waals surface area contributed by atoms with E-state index in [1.165, 1.54) is 24.0 Å². The molecule has 1 unspecified atom stereocenters. The molecule has 2 N–H and O–H groups in total. The van der Waals surface area contributed by atoms with Crippen LogP contribution in [-0.4, -0.2) is 14.1 Å². The number of hydrogen-bond donors (Lipinski definition) is 1. The molecule has 0 bridgehead atoms. The zero-order valence-corrected chi connectivity index (χ0v) is 11.5. The van der Waals surface area contributed by atoms with Crippen LogP contribution in [0.15, 0.2) is 24.8 Å². The molecule has 0 aliphatic heterocycles. The number of imidazole rings is 1. The summed E-state index contributed by atoms with van der Waals surface area (Å²) in [4.78, 5) is 4.44. The molecule has 0 amide bonds. The van der Waals surface area contributed by atoms with E-state index < -0.39 is 0 Å². The molecule has 19 heavy (non-hydrogen) atoms. The van der Waals surface area contributed by atoms with Gasteiger partial charge in [-0.15, -0.1) is 0 Å². The molecular weight excluding hydrogens is 236 g/mol. The van der Waals surface area contributed by atoms with E-state index in [1.807, 2.05) is 12.4 Å². The molecule has 0 aromatic carbocycles. The van der Waals surface area contributed by atoms with Gasteiger partial charge in [-0.05, 0) is 37.3 Å². The number of nitrogens with two attached hydrogens (primary N) is 1. The van der Waals surface area contributed by atoms with Crippen molar-refractivity contribution in [1.82, 2.24) is 14.1 Å². The van der Waals surface area contributed by atoms with Gasteiger partial charge in [0, 0.05) is 37.4 Å². The Kier molecular flexibility index (Phi) is 3.42. The van der Waals surface area contributed by atoms with Crippen molar-refractivity contribution in [3.8, 4) is 0 Å². The second-order valence-corrected chi connectivity index (χ2v) is 5.39. The van der Waals surface area contributed by atoms with Crippen LogP contribution in [0.25, 0.3) is 0 Å². The Morgan fingerprint density at radius 1 is 1.37 bits per heavy atom. The first kappa shape index (κ1) is 12.5. The van der Waals surface area contributed by atoms with Crippen molar-refractivity contribution in [3.63, 3.8) is 0 Å². The second kappa shape index (κ2) is 5.21. The fourth-order valence-corrected chi connectivity index (χ4v) is 2.99. The minimum absolute atomic E-state index is 0.213. The molecule has 0 saturated carbocycles. The zero-order valence-electron chi connectivity index (χ0n) is 11.5. The predicted octanol–water partition coefficient (Wildman–Crippen LogP) is 2.48. The molecule has 1 aliphatic carbocycles. The highest BCUT2D eigenvalue weighted by Crippen LogP contribution is 2.27. The normalized spacial score (nSPS) is 19.2. The van der Waals surface area contributed by atoms with E-state index >= 15 is 0 Å². The topological polar surface area (TPSA) is 48.8 Å². The molecule has 4 nitrogen and oxygen atoms in total. The van der Waals surface area contributed by atoms with Gasteiger partial charge in [0.05, 0.1) is 6.54 Å². The number of nitrogens with zero attached hydrogens (tertiary/aromatic N) is 3. The monoisotopic (exact) mass is 258 g/mol. The Hall–Kier alpha value is -1.55. The molecule has 102 valence electrons. The van der Waals surface area contributed by atoms with Crippen molar-refractivity contribution in [2.45, 2.75) is 51.7 Å². The molecule has 2 aromatic heterocycles. The van der Waals surface area contributed by atoms with Gasteiger partial charge >= 0.3 is 0 Å². The molecule has 1 atom stereocenters. The lowest BCUT2D eigenvalue weighted by Gasteiger charge is -2.08. The van der Waals surface area contributed by atoms with E-state index in [0.717, 1.165) is 31.8 Å². The standard InChI is InChI=1S/C15H22N4/c1-2-19-8-7-17-15(19)11-18-9-12-5-3-4-6-14(16)13(12)10-18/h7-10,14H,2-6,11,16H2,1H3. The Morgan fingerprint density at radius 2 is 2.26 bits per heavy atom. The molecule has 0 spiro atoms. The number of hydrogen-bond acceptors (Lipinski definition) is 2. The quantitative estimate of drug-likeness (QED) is 0.860. The van der Waals surface area contributed by atoms with Crippen molar-refractivity contribution >= 4 is 0 Å². The fraction of sp³-hybridized carbons (Fsp3) is 0.533. The smallest absolute Gasteiger partial charge is 0.128 e. The number of rotatable bonds is 3. The van der Waals surface area contributed by atoms with E-state index in [0.29, 0.717) is 0 Å². The fourth-order valence-electron chi connectivity index (χ4n) is 2.99. The molecule has 3 rings (SSSR count). The molecule has 4 heteroatoms. The zero-order chi connectivity index (χ0) is 13.2. The number of aromatic nitrogens is 3. The molecule has 2 aromatic rings. The molecular formula is C15H22N4. The van der Waals surface area contributed by atoms with E-state index in [4.69, 9.17) is 5.73 Å². The van der Waals surface area contributed by atoms with E-state index in [1.54, 1.807) is 0 Å². The van der Waals surface area contributed by atoms with Crippen LogP contribution in [0.5, 0.6) is 0 Å². The van der Waals surface area contributed by atoms with E-state index in [9.17, 15) is 0 Å². The minimum Gasteiger partial charge on any atom is -0.346 e. The van der Waals surface area contributed by atoms with Crippen LogP contribution in [-0.2, 0) is 19.5 Å². The van der Waals surface area contributed by atoms with Crippen LogP contribution in [0.2, 0.25) is 0 Å². The molecule has 0 saturated heterocycles. The summed E-state index contributed by atoms with van der Waals surface area (Å²) in [5.74, 6) is 1.11. The summed E-state index contributed by atoms with van der Waals surface area (Å²) in [5.41, 5.74) is 9.03. The van der Waals surface area contributed by atoms with Gasteiger partial charge in [0.1, 0.15) is 5.82 Å². The third kappa shape index (κ3) is 2.45. The maximum Gasteiger partial charge on any atom is 0.128 e. The summed E-state index contributed by atoms with van der Waals surface area (Å²) >= 11 is 0. The summed E-state index contributed by atoms with van der Waals surface area (Å²) in [6.45, 7) is 3.95. The Labute approximate surface area is 114 Å². The molecule has 0 radical (unpaired) electrons. The van der Waals surface area contributed by atoms with Gasteiger partial charge < -0.3 is 14.9 Å². The molecule has 1 aliphatic rings. The summed E-state index contributed by atoms with van der Waals surface area (Å²) < 4.78 is 4.43. The van der Waals surface area contributed by atoms with Crippen LogP contribution in [0.3, 0.4) is 0 Å². The van der Waals surface area contributed by atoms with Gasteiger partial charge in [0.25, 0.3) is 0 Å². The van der Waals surface area contributed by atoms with Crippen LogP contribution in [0.4, 0.5) is 0 Å². The van der Waals surface area contributed by atoms with Gasteiger partial charge in [-0.2, -0.15) is 0 Å². The predicted molar refractivity (Wildman–Crippen MR) is 75.9 cm³/mol. The first-order valence-electron chi connectivity index (χ1n) is 7.22. The van der Waals surface area contributed by atoms with Crippen molar-refractivity contribution in [3.05, 3.63) is 41.7 Å². The van der Waals surface area contributed by atoms with Crippen molar-refractivity contribution < 1.29 is 0 Å². The van der Waals surface area contributed by atoms with Crippen molar-refractivity contribution in [2.75, 3.05) is 0 Å². The number of aryl methyl sites for hydroxylation is 2. The Morgan fingerprint density at radius 3 is 3.11 bits per heavy atom. The Balaban J connectivity index is 1.85. The first-order chi connectivity index (χ1) is 9.28. The van der Waals surface area contributed by atoms with Gasteiger partial charge in [-0.25, -0.2) is 4.98 Å². The second-order valence-electron chi connectivity index (χ2n) is 5.39. The average Bonchev–Trinajstić information content (AvgIpc) is 2.98. The van der Waals surface area contributed by atoms with Gasteiger partial charge in [-0.1, -0.05) is 6.42 Å². The summed E-state index contributed by atoms with van der Waals surface area (Å²) in [7, 11) is 0. The van der Waals surface area contributed by atoms with Crippen molar-refractivity contribution in [2.24, 2.45) is 5.73 Å². The van der Waals surface area contributed by atoms with Gasteiger partial charge in [0.2, 0.25) is 0 Å². The summed E-state index contributed by atoms with van der Waals surface area (Å²) in [6, 6.07) is 0.213. The van der Waals surface area contributed by atoms with Gasteiger partial charge in [0.15, 0.2) is 0 Å². The lowest BCUT2D eigenvalue weighted by atomic mass is 10.1. The SMILES string of the molecule is CCn1ccnc1Cn1cc2c(c1)C(N)CCCC2.